The summed E-state index contributed by atoms with van der Waals surface area (Å²) in [5.41, 5.74) is 2.26. The number of halogens is 1. The van der Waals surface area contributed by atoms with Gasteiger partial charge in [0.05, 0.1) is 10.9 Å². The quantitative estimate of drug-likeness (QED) is 0.841. The van der Waals surface area contributed by atoms with Crippen LogP contribution in [0.25, 0.3) is 0 Å². The second-order valence-electron chi connectivity index (χ2n) is 4.78. The average molecular weight is 342 g/mol. The third kappa shape index (κ3) is 3.03. The van der Waals surface area contributed by atoms with Crippen LogP contribution >= 0.6 is 22.9 Å². The van der Waals surface area contributed by atoms with Crippen molar-refractivity contribution in [2.24, 2.45) is 0 Å². The second kappa shape index (κ2) is 5.88. The lowest BCUT2D eigenvalue weighted by Crippen LogP contribution is -2.26. The van der Waals surface area contributed by atoms with Gasteiger partial charge in [0, 0.05) is 5.02 Å². The van der Waals surface area contributed by atoms with Gasteiger partial charge in [-0.15, -0.1) is 11.3 Å². The van der Waals surface area contributed by atoms with Gasteiger partial charge < -0.3 is 9.87 Å². The molecule has 7 heteroatoms. The lowest BCUT2D eigenvalue weighted by atomic mass is 10.1. The van der Waals surface area contributed by atoms with E-state index in [1.807, 2.05) is 18.2 Å². The summed E-state index contributed by atoms with van der Waals surface area (Å²) in [6.45, 7) is 0. The van der Waals surface area contributed by atoms with E-state index in [1.54, 1.807) is 6.07 Å². The van der Waals surface area contributed by atoms with Crippen molar-refractivity contribution >= 4 is 39.9 Å². The molecule has 4 nitrogen and oxygen atoms in total. The first-order chi connectivity index (χ1) is 10.0. The Labute approximate surface area is 133 Å². The van der Waals surface area contributed by atoms with Crippen LogP contribution in [0.15, 0.2) is 34.5 Å². The van der Waals surface area contributed by atoms with Crippen LogP contribution in [0, 0.1) is 0 Å². The normalized spacial score (nSPS) is 18.3. The van der Waals surface area contributed by atoms with Crippen LogP contribution in [0.2, 0.25) is 5.02 Å². The van der Waals surface area contributed by atoms with Gasteiger partial charge in [-0.2, -0.15) is 0 Å². The first-order valence-corrected chi connectivity index (χ1v) is 8.64. The van der Waals surface area contributed by atoms with Crippen molar-refractivity contribution in [2.75, 3.05) is 0 Å². The molecule has 2 N–H and O–H groups in total. The van der Waals surface area contributed by atoms with Crippen molar-refractivity contribution in [3.05, 3.63) is 51.4 Å². The molecule has 1 heterocycles. The highest BCUT2D eigenvalue weighted by Gasteiger charge is 2.25. The lowest BCUT2D eigenvalue weighted by molar-refractivity contribution is 0.0941. The zero-order valence-corrected chi connectivity index (χ0v) is 13.2. The van der Waals surface area contributed by atoms with Crippen molar-refractivity contribution in [3.63, 3.8) is 0 Å². The molecule has 0 saturated heterocycles. The highest BCUT2D eigenvalue weighted by Crippen LogP contribution is 2.33. The van der Waals surface area contributed by atoms with Gasteiger partial charge in [-0.3, -0.25) is 4.79 Å². The molecule has 0 radical (unpaired) electrons. The zero-order valence-electron chi connectivity index (χ0n) is 10.8. The molecule has 1 amide bonds. The van der Waals surface area contributed by atoms with Crippen LogP contribution in [0.1, 0.15) is 33.3 Å². The SMILES string of the molecule is O=C(N[C@@H]1CCc2cc(Cl)ccc21)c1ccc(S(=O)O)s1. The molecule has 1 aliphatic rings. The minimum Gasteiger partial charge on any atom is -0.345 e. The van der Waals surface area contributed by atoms with Gasteiger partial charge in [-0.05, 0) is 48.2 Å². The molecule has 0 aliphatic heterocycles. The minimum absolute atomic E-state index is 0.0325. The maximum Gasteiger partial charge on any atom is 0.261 e. The predicted molar refractivity (Wildman–Crippen MR) is 83.3 cm³/mol. The molecule has 3 rings (SSSR count). The number of benzene rings is 1. The number of carbonyl (C=O) groups is 1. The average Bonchev–Trinajstić information content (AvgIpc) is 3.06. The Bertz CT molecular complexity index is 729. The van der Waals surface area contributed by atoms with Crippen molar-refractivity contribution in [1.82, 2.24) is 5.32 Å². The molecule has 0 bridgehead atoms. The standard InChI is InChI=1S/C14H12ClNO3S2/c15-9-2-3-10-8(7-9)1-4-11(10)16-14(17)12-5-6-13(20-12)21(18)19/h2-3,5-7,11H,1,4H2,(H,16,17)(H,18,19)/t11-/m1/s1. The monoisotopic (exact) mass is 341 g/mol. The van der Waals surface area contributed by atoms with Gasteiger partial charge in [0.2, 0.25) is 0 Å². The summed E-state index contributed by atoms with van der Waals surface area (Å²) in [4.78, 5) is 12.6. The number of amides is 1. The van der Waals surface area contributed by atoms with E-state index in [0.29, 0.717) is 9.90 Å². The lowest BCUT2D eigenvalue weighted by Gasteiger charge is -2.13. The Morgan fingerprint density at radius 1 is 1.38 bits per heavy atom. The Balaban J connectivity index is 1.76. The number of nitrogens with one attached hydrogen (secondary N) is 1. The highest BCUT2D eigenvalue weighted by atomic mass is 35.5. The molecule has 1 aliphatic carbocycles. The van der Waals surface area contributed by atoms with Crippen LogP contribution in [0.5, 0.6) is 0 Å². The van der Waals surface area contributed by atoms with E-state index in [4.69, 9.17) is 16.2 Å². The summed E-state index contributed by atoms with van der Waals surface area (Å²) >= 11 is 4.96. The number of aryl methyl sites for hydroxylation is 1. The van der Waals surface area contributed by atoms with Crippen LogP contribution in [-0.2, 0) is 17.5 Å². The van der Waals surface area contributed by atoms with Crippen LogP contribution < -0.4 is 5.32 Å². The third-order valence-electron chi connectivity index (χ3n) is 3.47. The maximum atomic E-state index is 12.2. The summed E-state index contributed by atoms with van der Waals surface area (Å²) in [5, 5.41) is 3.67. The van der Waals surface area contributed by atoms with Gasteiger partial charge in [0.15, 0.2) is 11.1 Å². The number of hydrogen-bond acceptors (Lipinski definition) is 3. The number of rotatable bonds is 3. The van der Waals surface area contributed by atoms with Crippen LogP contribution in [0.4, 0.5) is 0 Å². The van der Waals surface area contributed by atoms with Crippen molar-refractivity contribution in [2.45, 2.75) is 23.1 Å². The molecule has 2 aromatic rings. The summed E-state index contributed by atoms with van der Waals surface area (Å²) in [6.07, 6.45) is 1.72. The smallest absolute Gasteiger partial charge is 0.261 e. The van der Waals surface area contributed by atoms with E-state index >= 15 is 0 Å². The van der Waals surface area contributed by atoms with Crippen LogP contribution in [-0.4, -0.2) is 14.7 Å². The largest absolute Gasteiger partial charge is 0.345 e. The number of fused-ring (bicyclic) bond motifs is 1. The molecule has 1 unspecified atom stereocenters. The van der Waals surface area contributed by atoms with E-state index in [1.165, 1.54) is 6.07 Å². The maximum absolute atomic E-state index is 12.2. The molecular formula is C14H12ClNO3S2. The third-order valence-corrected chi connectivity index (χ3v) is 5.74. The first kappa shape index (κ1) is 14.7. The fourth-order valence-electron chi connectivity index (χ4n) is 2.50. The fourth-order valence-corrected chi connectivity index (χ4v) is 4.08. The summed E-state index contributed by atoms with van der Waals surface area (Å²) in [7, 11) is 0. The van der Waals surface area contributed by atoms with Gasteiger partial charge in [-0.25, -0.2) is 4.21 Å². The van der Waals surface area contributed by atoms with Crippen molar-refractivity contribution in [1.29, 1.82) is 0 Å². The first-order valence-electron chi connectivity index (χ1n) is 6.34. The second-order valence-corrected chi connectivity index (χ2v) is 7.49. The molecule has 0 saturated carbocycles. The fraction of sp³-hybridized carbons (Fsp3) is 0.214. The number of thiophene rings is 1. The molecule has 0 spiro atoms. The minimum atomic E-state index is -2.04. The molecule has 1 aromatic heterocycles. The van der Waals surface area contributed by atoms with E-state index in [9.17, 15) is 9.00 Å². The van der Waals surface area contributed by atoms with E-state index in [-0.39, 0.29) is 16.2 Å². The number of hydrogen-bond donors (Lipinski definition) is 2. The molecule has 2 atom stereocenters. The molecule has 1 aromatic carbocycles. The predicted octanol–water partition coefficient (Wildman–Crippen LogP) is 3.40. The van der Waals surface area contributed by atoms with E-state index in [2.05, 4.69) is 5.32 Å². The zero-order chi connectivity index (χ0) is 15.0. The number of carbonyl (C=O) groups excluding carboxylic acids is 1. The molecule has 110 valence electrons. The van der Waals surface area contributed by atoms with Gasteiger partial charge in [-0.1, -0.05) is 17.7 Å². The topological polar surface area (TPSA) is 66.4 Å². The van der Waals surface area contributed by atoms with Crippen molar-refractivity contribution < 1.29 is 13.6 Å². The molecule has 0 fully saturated rings. The van der Waals surface area contributed by atoms with E-state index < -0.39 is 11.1 Å². The Morgan fingerprint density at radius 3 is 2.90 bits per heavy atom. The van der Waals surface area contributed by atoms with Crippen molar-refractivity contribution in [3.8, 4) is 0 Å². The van der Waals surface area contributed by atoms with Crippen LogP contribution in [0.3, 0.4) is 0 Å². The van der Waals surface area contributed by atoms with Gasteiger partial charge >= 0.3 is 0 Å². The van der Waals surface area contributed by atoms with Gasteiger partial charge in [0.25, 0.3) is 5.91 Å². The summed E-state index contributed by atoms with van der Waals surface area (Å²) in [6, 6.07) is 8.73. The molecular weight excluding hydrogens is 330 g/mol. The van der Waals surface area contributed by atoms with E-state index in [0.717, 1.165) is 35.3 Å². The Kier molecular flexibility index (Phi) is 4.12. The molecule has 21 heavy (non-hydrogen) atoms. The Hall–Kier alpha value is -1.21. The van der Waals surface area contributed by atoms with Gasteiger partial charge in [0.1, 0.15) is 4.21 Å². The summed E-state index contributed by atoms with van der Waals surface area (Å²) in [5.74, 6) is -0.218. The highest BCUT2D eigenvalue weighted by molar-refractivity contribution is 7.81. The Morgan fingerprint density at radius 2 is 2.19 bits per heavy atom. The summed E-state index contributed by atoms with van der Waals surface area (Å²) < 4.78 is 20.2.